The normalized spacial score (nSPS) is 62.1. The molecule has 0 amide bonds. The van der Waals surface area contributed by atoms with Crippen molar-refractivity contribution in [3.63, 3.8) is 0 Å². The van der Waals surface area contributed by atoms with Gasteiger partial charge in [-0.15, -0.1) is 0 Å². The van der Waals surface area contributed by atoms with Crippen LogP contribution in [-0.2, 0) is 0 Å². The number of hydrogen-bond donors (Lipinski definition) is 7. The van der Waals surface area contributed by atoms with Crippen LogP contribution < -0.4 is 0 Å². The zero-order valence-corrected chi connectivity index (χ0v) is 8.33. The first-order chi connectivity index (χ1) is 7.37. The van der Waals surface area contributed by atoms with Gasteiger partial charge in [-0.25, -0.2) is 0 Å². The van der Waals surface area contributed by atoms with E-state index in [0.29, 0.717) is 0 Å². The molecule has 7 heteroatoms. The maximum absolute atomic E-state index is 9.64. The van der Waals surface area contributed by atoms with Crippen LogP contribution in [0.1, 0.15) is 0 Å². The van der Waals surface area contributed by atoms with E-state index in [1.54, 1.807) is 0 Å². The van der Waals surface area contributed by atoms with Crippen LogP contribution in [0.25, 0.3) is 0 Å². The van der Waals surface area contributed by atoms with Crippen LogP contribution in [0.5, 0.6) is 0 Å². The Labute approximate surface area is 91.2 Å². The Kier molecular flexibility index (Phi) is 2.96. The Morgan fingerprint density at radius 3 is 0.750 bits per heavy atom. The van der Waals surface area contributed by atoms with Gasteiger partial charge in [-0.1, -0.05) is 0 Å². The number of rotatable bonds is 0. The minimum atomic E-state index is -1.61. The van der Waals surface area contributed by atoms with Crippen LogP contribution in [0, 0.1) is 11.8 Å². The highest BCUT2D eigenvalue weighted by molar-refractivity contribution is 5.10. The molecule has 2 aliphatic carbocycles. The minimum Gasteiger partial charge on any atom is -0.390 e. The van der Waals surface area contributed by atoms with E-state index in [-0.39, 0.29) is 0 Å². The minimum absolute atomic E-state index is 1.06. The van der Waals surface area contributed by atoms with Crippen molar-refractivity contribution in [1.82, 2.24) is 0 Å². The van der Waals surface area contributed by atoms with E-state index in [1.807, 2.05) is 0 Å². The van der Waals surface area contributed by atoms with Crippen molar-refractivity contribution in [2.45, 2.75) is 42.7 Å². The highest BCUT2D eigenvalue weighted by Gasteiger charge is 2.60. The molecule has 1 unspecified atom stereocenters. The third-order valence-corrected chi connectivity index (χ3v) is 3.77. The maximum Gasteiger partial charge on any atom is 0.109 e. The lowest BCUT2D eigenvalue weighted by molar-refractivity contribution is -0.196. The van der Waals surface area contributed by atoms with Crippen molar-refractivity contribution in [3.8, 4) is 0 Å². The van der Waals surface area contributed by atoms with Crippen LogP contribution in [0.4, 0.5) is 0 Å². The van der Waals surface area contributed by atoms with Gasteiger partial charge in [-0.05, 0) is 0 Å². The molecule has 0 spiro atoms. The summed E-state index contributed by atoms with van der Waals surface area (Å²) >= 11 is 0. The molecule has 94 valence electrons. The van der Waals surface area contributed by atoms with Crippen LogP contribution in [0.2, 0.25) is 0 Å². The van der Waals surface area contributed by atoms with Crippen molar-refractivity contribution in [3.05, 3.63) is 0 Å². The van der Waals surface area contributed by atoms with Gasteiger partial charge in [-0.2, -0.15) is 0 Å². The molecule has 7 nitrogen and oxygen atoms in total. The summed E-state index contributed by atoms with van der Waals surface area (Å²) in [5.74, 6) is -2.11. The molecule has 2 rings (SSSR count). The smallest absolute Gasteiger partial charge is 0.109 e. The molecule has 0 aliphatic heterocycles. The van der Waals surface area contributed by atoms with Gasteiger partial charge in [-0.3, -0.25) is 0 Å². The molecule has 0 aromatic rings. The summed E-state index contributed by atoms with van der Waals surface area (Å²) in [5.41, 5.74) is 0. The summed E-state index contributed by atoms with van der Waals surface area (Å²) in [6, 6.07) is 0. The lowest BCUT2D eigenvalue weighted by Gasteiger charge is -2.42. The summed E-state index contributed by atoms with van der Waals surface area (Å²) in [6.07, 6.45) is -10.6. The molecule has 0 bridgehead atoms. The fraction of sp³-hybridized carbons (Fsp3) is 1.00. The molecular formula is C9H16O7. The Hall–Kier alpha value is -0.280. The van der Waals surface area contributed by atoms with Crippen LogP contribution in [0.15, 0.2) is 0 Å². The predicted octanol–water partition coefficient (Wildman–Crippen LogP) is -4.23. The highest BCUT2D eigenvalue weighted by Crippen LogP contribution is 2.43. The first kappa shape index (κ1) is 12.2. The molecule has 0 aromatic carbocycles. The number of aliphatic hydroxyl groups is 7. The van der Waals surface area contributed by atoms with Gasteiger partial charge < -0.3 is 35.7 Å². The molecule has 7 N–H and O–H groups in total. The Morgan fingerprint density at radius 1 is 0.312 bits per heavy atom. The lowest BCUT2D eigenvalue weighted by atomic mass is 9.73. The first-order valence-corrected chi connectivity index (χ1v) is 5.14. The second kappa shape index (κ2) is 3.88. The molecule has 2 fully saturated rings. The first-order valence-electron chi connectivity index (χ1n) is 5.14. The van der Waals surface area contributed by atoms with Gasteiger partial charge in [0.25, 0.3) is 0 Å². The molecule has 9 atom stereocenters. The third-order valence-electron chi connectivity index (χ3n) is 3.77. The Morgan fingerprint density at radius 2 is 0.500 bits per heavy atom. The van der Waals surface area contributed by atoms with Gasteiger partial charge in [0.1, 0.15) is 18.3 Å². The van der Waals surface area contributed by atoms with Gasteiger partial charge in [0, 0.05) is 11.8 Å². The molecule has 16 heavy (non-hydrogen) atoms. The SMILES string of the molecule is OC1[C@@H](O)[C@@H]2[C@@H](O)[C@H](O)[C@H](O)[C@@H](O)[C@@H]2[C@@H]1O. The van der Waals surface area contributed by atoms with E-state index in [1.165, 1.54) is 0 Å². The number of fused-ring (bicyclic) bond motifs is 1. The van der Waals surface area contributed by atoms with Crippen molar-refractivity contribution in [1.29, 1.82) is 0 Å². The van der Waals surface area contributed by atoms with E-state index in [2.05, 4.69) is 0 Å². The standard InChI is InChI=1S/C9H16O7/c10-3-1-2(4(11)7(3)14)6(13)9(16)8(15)5(1)12/h1-16H/t1-,2+,3-,4-,5-,6+,7?,8+,9-/m0/s1. The summed E-state index contributed by atoms with van der Waals surface area (Å²) < 4.78 is 0. The summed E-state index contributed by atoms with van der Waals surface area (Å²) in [5, 5.41) is 66.7. The topological polar surface area (TPSA) is 142 Å². The van der Waals surface area contributed by atoms with Crippen molar-refractivity contribution < 1.29 is 35.7 Å². The zero-order chi connectivity index (χ0) is 12.2. The monoisotopic (exact) mass is 236 g/mol. The molecule has 0 aromatic heterocycles. The number of aliphatic hydroxyl groups excluding tert-OH is 7. The Balaban J connectivity index is 2.33. The maximum atomic E-state index is 9.64. The van der Waals surface area contributed by atoms with Crippen LogP contribution in [-0.4, -0.2) is 78.5 Å². The quantitative estimate of drug-likeness (QED) is 0.226. The zero-order valence-electron chi connectivity index (χ0n) is 8.33. The van der Waals surface area contributed by atoms with E-state index in [9.17, 15) is 35.7 Å². The summed E-state index contributed by atoms with van der Waals surface area (Å²) in [7, 11) is 0. The van der Waals surface area contributed by atoms with E-state index >= 15 is 0 Å². The summed E-state index contributed by atoms with van der Waals surface area (Å²) in [6.45, 7) is 0. The van der Waals surface area contributed by atoms with Gasteiger partial charge in [0.15, 0.2) is 0 Å². The van der Waals surface area contributed by atoms with E-state index < -0.39 is 54.6 Å². The van der Waals surface area contributed by atoms with Crippen LogP contribution >= 0.6 is 0 Å². The van der Waals surface area contributed by atoms with Gasteiger partial charge in [0.05, 0.1) is 24.4 Å². The van der Waals surface area contributed by atoms with E-state index in [0.717, 1.165) is 0 Å². The van der Waals surface area contributed by atoms with Crippen LogP contribution in [0.3, 0.4) is 0 Å². The van der Waals surface area contributed by atoms with Gasteiger partial charge in [0.2, 0.25) is 0 Å². The predicted molar refractivity (Wildman–Crippen MR) is 49.0 cm³/mol. The van der Waals surface area contributed by atoms with Crippen molar-refractivity contribution >= 4 is 0 Å². The highest BCUT2D eigenvalue weighted by atomic mass is 16.4. The van der Waals surface area contributed by atoms with Crippen molar-refractivity contribution in [2.24, 2.45) is 11.8 Å². The fourth-order valence-corrected chi connectivity index (χ4v) is 2.83. The fourth-order valence-electron chi connectivity index (χ4n) is 2.83. The average Bonchev–Trinajstić information content (AvgIpc) is 2.48. The second-order valence-corrected chi connectivity index (χ2v) is 4.59. The molecule has 0 saturated heterocycles. The van der Waals surface area contributed by atoms with Gasteiger partial charge >= 0.3 is 0 Å². The molecule has 0 heterocycles. The molecule has 2 aliphatic rings. The van der Waals surface area contributed by atoms with Crippen molar-refractivity contribution in [2.75, 3.05) is 0 Å². The second-order valence-electron chi connectivity index (χ2n) is 4.59. The third kappa shape index (κ3) is 1.41. The largest absolute Gasteiger partial charge is 0.390 e. The lowest BCUT2D eigenvalue weighted by Crippen LogP contribution is -2.60. The molecular weight excluding hydrogens is 220 g/mol. The van der Waals surface area contributed by atoms with E-state index in [4.69, 9.17) is 0 Å². The Bertz CT molecular complexity index is 247. The number of hydrogen-bond acceptors (Lipinski definition) is 7. The summed E-state index contributed by atoms with van der Waals surface area (Å²) in [4.78, 5) is 0. The molecule has 0 radical (unpaired) electrons. The average molecular weight is 236 g/mol. The molecule has 2 saturated carbocycles.